The van der Waals surface area contributed by atoms with Gasteiger partial charge in [0.15, 0.2) is 11.6 Å². The van der Waals surface area contributed by atoms with Crippen LogP contribution in [0.1, 0.15) is 16.4 Å². The number of aromatic nitrogens is 6. The van der Waals surface area contributed by atoms with Crippen LogP contribution >= 0.6 is 0 Å². The summed E-state index contributed by atoms with van der Waals surface area (Å²) in [6, 6.07) is 7.82. The van der Waals surface area contributed by atoms with Crippen molar-refractivity contribution in [1.82, 2.24) is 35.3 Å². The van der Waals surface area contributed by atoms with Crippen molar-refractivity contribution in [2.75, 3.05) is 12.3 Å². The lowest BCUT2D eigenvalue weighted by molar-refractivity contribution is 0.0947. The molecule has 0 atom stereocenters. The first kappa shape index (κ1) is 17.9. The number of amides is 1. The molecule has 0 fully saturated rings. The minimum Gasteiger partial charge on any atom is -0.448 e. The van der Waals surface area contributed by atoms with Crippen LogP contribution < -0.4 is 11.1 Å². The summed E-state index contributed by atoms with van der Waals surface area (Å²) in [6.07, 6.45) is 4.88. The molecule has 10 heteroatoms. The Kier molecular flexibility index (Phi) is 4.16. The van der Waals surface area contributed by atoms with Gasteiger partial charge in [0.2, 0.25) is 0 Å². The lowest BCUT2D eigenvalue weighted by atomic mass is 10.1. The maximum Gasteiger partial charge on any atom is 0.273 e. The van der Waals surface area contributed by atoms with Crippen molar-refractivity contribution in [3.63, 3.8) is 0 Å². The lowest BCUT2D eigenvalue weighted by Gasteiger charge is -2.04. The molecule has 0 saturated carbocycles. The van der Waals surface area contributed by atoms with Crippen LogP contribution in [0.3, 0.4) is 0 Å². The van der Waals surface area contributed by atoms with E-state index in [-0.39, 0.29) is 11.6 Å². The van der Waals surface area contributed by atoms with Crippen molar-refractivity contribution in [2.45, 2.75) is 13.5 Å². The van der Waals surface area contributed by atoms with Crippen LogP contribution in [0.15, 0.2) is 47.3 Å². The van der Waals surface area contributed by atoms with Gasteiger partial charge in [0, 0.05) is 36.8 Å². The number of nitrogen functional groups attached to an aromatic ring is 1. The van der Waals surface area contributed by atoms with E-state index in [4.69, 9.17) is 10.2 Å². The third kappa shape index (κ3) is 3.13. The molecular formula is C20H18N8O2. The van der Waals surface area contributed by atoms with Crippen molar-refractivity contribution in [3.05, 3.63) is 54.5 Å². The molecule has 0 aliphatic heterocycles. The van der Waals surface area contributed by atoms with Gasteiger partial charge in [-0.3, -0.25) is 14.6 Å². The Morgan fingerprint density at radius 3 is 2.93 bits per heavy atom. The number of carbonyl (C=O) groups is 1. The van der Waals surface area contributed by atoms with Crippen LogP contribution in [-0.4, -0.2) is 42.4 Å². The number of benzene rings is 1. The highest BCUT2D eigenvalue weighted by atomic mass is 16.3. The van der Waals surface area contributed by atoms with Gasteiger partial charge in [0.05, 0.1) is 23.1 Å². The molecular weight excluding hydrogens is 384 g/mol. The van der Waals surface area contributed by atoms with Crippen molar-refractivity contribution in [3.8, 4) is 11.3 Å². The SMILES string of the molecule is Cc1nc(C(=O)NCCn2cc3c(N)nc4cc(-c5ccn[nH]5)ccc4c3n2)co1. The van der Waals surface area contributed by atoms with Gasteiger partial charge >= 0.3 is 0 Å². The Morgan fingerprint density at radius 1 is 1.27 bits per heavy atom. The average Bonchev–Trinajstić information content (AvgIpc) is 3.48. The van der Waals surface area contributed by atoms with E-state index in [0.717, 1.165) is 33.1 Å². The first-order valence-electron chi connectivity index (χ1n) is 9.35. The Morgan fingerprint density at radius 2 is 2.17 bits per heavy atom. The van der Waals surface area contributed by atoms with Gasteiger partial charge in [-0.05, 0) is 18.2 Å². The molecule has 0 unspecified atom stereocenters. The lowest BCUT2D eigenvalue weighted by Crippen LogP contribution is -2.27. The first-order chi connectivity index (χ1) is 14.6. The predicted octanol–water partition coefficient (Wildman–Crippen LogP) is 2.28. The molecule has 0 spiro atoms. The number of aryl methyl sites for hydroxylation is 1. The molecule has 0 aliphatic carbocycles. The second kappa shape index (κ2) is 6.99. The fourth-order valence-electron chi connectivity index (χ4n) is 3.36. The largest absolute Gasteiger partial charge is 0.448 e. The highest BCUT2D eigenvalue weighted by Crippen LogP contribution is 2.29. The van der Waals surface area contributed by atoms with Gasteiger partial charge in [-0.1, -0.05) is 6.07 Å². The zero-order valence-electron chi connectivity index (χ0n) is 16.1. The molecule has 150 valence electrons. The molecule has 0 bridgehead atoms. The van der Waals surface area contributed by atoms with Crippen molar-refractivity contribution in [2.24, 2.45) is 0 Å². The number of carbonyl (C=O) groups excluding carboxylic acids is 1. The molecule has 4 heterocycles. The first-order valence-corrected chi connectivity index (χ1v) is 9.35. The fourth-order valence-corrected chi connectivity index (χ4v) is 3.36. The van der Waals surface area contributed by atoms with E-state index in [0.29, 0.717) is 24.8 Å². The minimum atomic E-state index is -0.290. The van der Waals surface area contributed by atoms with Crippen LogP contribution in [0.2, 0.25) is 0 Å². The summed E-state index contributed by atoms with van der Waals surface area (Å²) in [5, 5.41) is 16.1. The Balaban J connectivity index is 1.40. The minimum absolute atomic E-state index is 0.255. The molecule has 0 radical (unpaired) electrons. The summed E-state index contributed by atoms with van der Waals surface area (Å²) in [4.78, 5) is 20.6. The number of pyridine rings is 1. The van der Waals surface area contributed by atoms with Crippen molar-refractivity contribution >= 4 is 33.5 Å². The average molecular weight is 402 g/mol. The van der Waals surface area contributed by atoms with Crippen LogP contribution in [-0.2, 0) is 6.54 Å². The molecule has 4 N–H and O–H groups in total. The van der Waals surface area contributed by atoms with E-state index in [9.17, 15) is 4.79 Å². The number of aromatic amines is 1. The number of nitrogens with zero attached hydrogens (tertiary/aromatic N) is 5. The zero-order chi connectivity index (χ0) is 20.7. The number of fused-ring (bicyclic) bond motifs is 3. The van der Waals surface area contributed by atoms with Gasteiger partial charge < -0.3 is 15.5 Å². The zero-order valence-corrected chi connectivity index (χ0v) is 16.1. The summed E-state index contributed by atoms with van der Waals surface area (Å²) < 4.78 is 6.81. The molecule has 4 aromatic heterocycles. The molecule has 10 nitrogen and oxygen atoms in total. The summed E-state index contributed by atoms with van der Waals surface area (Å²) in [7, 11) is 0. The molecule has 5 rings (SSSR count). The predicted molar refractivity (Wildman–Crippen MR) is 111 cm³/mol. The number of hydrogen-bond acceptors (Lipinski definition) is 7. The van der Waals surface area contributed by atoms with Crippen LogP contribution in [0.4, 0.5) is 5.82 Å². The van der Waals surface area contributed by atoms with E-state index in [1.807, 2.05) is 30.5 Å². The number of nitrogens with one attached hydrogen (secondary N) is 2. The monoisotopic (exact) mass is 402 g/mol. The van der Waals surface area contributed by atoms with Crippen molar-refractivity contribution in [1.29, 1.82) is 0 Å². The summed E-state index contributed by atoms with van der Waals surface area (Å²) in [5.74, 6) is 0.568. The molecule has 1 aromatic carbocycles. The number of anilines is 1. The standard InChI is InChI=1S/C20H18N8O2/c1-11-24-17(10-30-11)20(29)22-6-7-28-9-14-18(27-28)13-3-2-12(15-4-5-23-26-15)8-16(13)25-19(14)21/h2-5,8-10H,6-7H2,1H3,(H2,21,25)(H,22,29)(H,23,26). The smallest absolute Gasteiger partial charge is 0.273 e. The number of nitrogens with two attached hydrogens (primary N) is 1. The third-order valence-electron chi connectivity index (χ3n) is 4.82. The van der Waals surface area contributed by atoms with Gasteiger partial charge in [0.1, 0.15) is 17.6 Å². The van der Waals surface area contributed by atoms with Gasteiger partial charge in [-0.15, -0.1) is 0 Å². The van der Waals surface area contributed by atoms with E-state index >= 15 is 0 Å². The van der Waals surface area contributed by atoms with E-state index < -0.39 is 0 Å². The molecule has 1 amide bonds. The Hall–Kier alpha value is -4.21. The molecule has 30 heavy (non-hydrogen) atoms. The summed E-state index contributed by atoms with van der Waals surface area (Å²) >= 11 is 0. The van der Waals surface area contributed by atoms with E-state index in [1.54, 1.807) is 17.8 Å². The highest BCUT2D eigenvalue weighted by molar-refractivity contribution is 6.08. The molecule has 0 saturated heterocycles. The summed E-state index contributed by atoms with van der Waals surface area (Å²) in [6.45, 7) is 2.55. The molecule has 5 aromatic rings. The fraction of sp³-hybridized carbons (Fsp3) is 0.150. The van der Waals surface area contributed by atoms with Gasteiger partial charge in [-0.2, -0.15) is 10.2 Å². The topological polar surface area (TPSA) is 141 Å². The number of hydrogen-bond donors (Lipinski definition) is 3. The maximum atomic E-state index is 12.1. The number of H-pyrrole nitrogens is 1. The Bertz CT molecular complexity index is 1370. The normalized spacial score (nSPS) is 11.4. The molecule has 0 aliphatic rings. The second-order valence-corrected chi connectivity index (χ2v) is 6.86. The van der Waals surface area contributed by atoms with Crippen LogP contribution in [0.25, 0.3) is 33.1 Å². The maximum absolute atomic E-state index is 12.1. The highest BCUT2D eigenvalue weighted by Gasteiger charge is 2.13. The second-order valence-electron chi connectivity index (χ2n) is 6.86. The van der Waals surface area contributed by atoms with Gasteiger partial charge in [-0.25, -0.2) is 9.97 Å². The quantitative estimate of drug-likeness (QED) is 0.409. The van der Waals surface area contributed by atoms with E-state index in [1.165, 1.54) is 6.26 Å². The van der Waals surface area contributed by atoms with Gasteiger partial charge in [0.25, 0.3) is 5.91 Å². The Labute approximate surface area is 170 Å². The van der Waals surface area contributed by atoms with Crippen LogP contribution in [0, 0.1) is 6.92 Å². The number of oxazole rings is 1. The van der Waals surface area contributed by atoms with Crippen molar-refractivity contribution < 1.29 is 9.21 Å². The number of rotatable bonds is 5. The van der Waals surface area contributed by atoms with E-state index in [2.05, 4.69) is 30.6 Å². The summed E-state index contributed by atoms with van der Waals surface area (Å²) in [5.41, 5.74) is 9.84. The van der Waals surface area contributed by atoms with Crippen LogP contribution in [0.5, 0.6) is 0 Å². The third-order valence-corrected chi connectivity index (χ3v) is 4.82.